The standard InChI is InChI=1S/C14H29OP/c1-5-7-14(16-4)11-10-13(15)9-8-12(3)6-2/h6,12-16H,2,5,7-11H2,1,3-4H3. The molecular weight excluding hydrogens is 215 g/mol. The molecule has 0 fully saturated rings. The van der Waals surface area contributed by atoms with Gasteiger partial charge in [0.15, 0.2) is 0 Å². The third-order valence-electron chi connectivity index (χ3n) is 3.25. The fourth-order valence-corrected chi connectivity index (χ4v) is 2.93. The van der Waals surface area contributed by atoms with Crippen molar-refractivity contribution in [3.8, 4) is 0 Å². The van der Waals surface area contributed by atoms with Gasteiger partial charge in [-0.15, -0.1) is 15.2 Å². The van der Waals surface area contributed by atoms with Gasteiger partial charge in [-0.2, -0.15) is 0 Å². The van der Waals surface area contributed by atoms with Crippen LogP contribution in [-0.2, 0) is 0 Å². The summed E-state index contributed by atoms with van der Waals surface area (Å²) in [7, 11) is 1.03. The summed E-state index contributed by atoms with van der Waals surface area (Å²) >= 11 is 0. The molecule has 4 unspecified atom stereocenters. The van der Waals surface area contributed by atoms with Gasteiger partial charge in [0.05, 0.1) is 6.10 Å². The Kier molecular flexibility index (Phi) is 10.4. The summed E-state index contributed by atoms with van der Waals surface area (Å²) in [6, 6.07) is 0. The summed E-state index contributed by atoms with van der Waals surface area (Å²) in [5, 5.41) is 9.88. The molecule has 0 spiro atoms. The summed E-state index contributed by atoms with van der Waals surface area (Å²) in [4.78, 5) is 0. The molecular formula is C14H29OP. The van der Waals surface area contributed by atoms with Crippen molar-refractivity contribution in [3.63, 3.8) is 0 Å². The highest BCUT2D eigenvalue weighted by molar-refractivity contribution is 7.37. The number of rotatable bonds is 10. The molecule has 0 amide bonds. The zero-order valence-electron chi connectivity index (χ0n) is 11.2. The number of hydrogen-bond donors (Lipinski definition) is 1. The Morgan fingerprint density at radius 2 is 1.81 bits per heavy atom. The molecule has 0 bridgehead atoms. The van der Waals surface area contributed by atoms with E-state index in [4.69, 9.17) is 0 Å². The quantitative estimate of drug-likeness (QED) is 0.451. The Hall–Kier alpha value is 0.130. The lowest BCUT2D eigenvalue weighted by Gasteiger charge is -2.17. The van der Waals surface area contributed by atoms with Crippen LogP contribution in [0.4, 0.5) is 0 Å². The second-order valence-electron chi connectivity index (χ2n) is 4.80. The summed E-state index contributed by atoms with van der Waals surface area (Å²) in [6.07, 6.45) is 8.65. The minimum Gasteiger partial charge on any atom is -0.393 e. The summed E-state index contributed by atoms with van der Waals surface area (Å²) in [6.45, 7) is 10.5. The number of hydrogen-bond acceptors (Lipinski definition) is 1. The molecule has 1 N–H and O–H groups in total. The van der Waals surface area contributed by atoms with E-state index in [1.807, 2.05) is 6.08 Å². The van der Waals surface area contributed by atoms with E-state index in [1.165, 1.54) is 19.3 Å². The normalized spacial score (nSPS) is 17.5. The molecule has 0 aliphatic rings. The van der Waals surface area contributed by atoms with Gasteiger partial charge in [-0.05, 0) is 50.3 Å². The molecule has 0 aromatic heterocycles. The van der Waals surface area contributed by atoms with Crippen molar-refractivity contribution in [3.05, 3.63) is 12.7 Å². The molecule has 0 radical (unpaired) electrons. The second-order valence-corrected chi connectivity index (χ2v) is 6.19. The molecule has 0 rings (SSSR count). The maximum Gasteiger partial charge on any atom is 0.0540 e. The zero-order valence-corrected chi connectivity index (χ0v) is 12.2. The van der Waals surface area contributed by atoms with Crippen molar-refractivity contribution in [2.24, 2.45) is 5.92 Å². The lowest BCUT2D eigenvalue weighted by Crippen LogP contribution is -2.11. The Morgan fingerprint density at radius 3 is 2.31 bits per heavy atom. The van der Waals surface area contributed by atoms with Crippen LogP contribution in [0.1, 0.15) is 52.4 Å². The Bertz CT molecular complexity index is 170. The average Bonchev–Trinajstić information content (AvgIpc) is 2.31. The summed E-state index contributed by atoms with van der Waals surface area (Å²) < 4.78 is 0. The molecule has 0 aliphatic heterocycles. The van der Waals surface area contributed by atoms with Crippen LogP contribution >= 0.6 is 8.58 Å². The first kappa shape index (κ1) is 16.1. The smallest absolute Gasteiger partial charge is 0.0540 e. The maximum atomic E-state index is 9.88. The van der Waals surface area contributed by atoms with Crippen molar-refractivity contribution in [1.82, 2.24) is 0 Å². The molecule has 1 nitrogen and oxygen atoms in total. The SMILES string of the molecule is C=CC(C)CCC(O)CCC(CCC)PC. The maximum absolute atomic E-state index is 9.88. The zero-order chi connectivity index (χ0) is 12.4. The number of aliphatic hydroxyl groups excluding tert-OH is 1. The van der Waals surface area contributed by atoms with Gasteiger partial charge in [0.1, 0.15) is 0 Å². The predicted molar refractivity (Wildman–Crippen MR) is 76.8 cm³/mol. The minimum absolute atomic E-state index is 0.0990. The van der Waals surface area contributed by atoms with E-state index >= 15 is 0 Å². The molecule has 96 valence electrons. The van der Waals surface area contributed by atoms with E-state index in [1.54, 1.807) is 0 Å². The van der Waals surface area contributed by atoms with Gasteiger partial charge >= 0.3 is 0 Å². The van der Waals surface area contributed by atoms with E-state index in [2.05, 4.69) is 27.1 Å². The van der Waals surface area contributed by atoms with E-state index < -0.39 is 0 Å². The van der Waals surface area contributed by atoms with Crippen LogP contribution in [0.2, 0.25) is 0 Å². The monoisotopic (exact) mass is 244 g/mol. The lowest BCUT2D eigenvalue weighted by molar-refractivity contribution is 0.145. The van der Waals surface area contributed by atoms with Crippen molar-refractivity contribution in [1.29, 1.82) is 0 Å². The fraction of sp³-hybridized carbons (Fsp3) is 0.857. The van der Waals surface area contributed by atoms with Crippen LogP contribution in [0.3, 0.4) is 0 Å². The molecule has 4 atom stereocenters. The topological polar surface area (TPSA) is 20.2 Å². The molecule has 2 heteroatoms. The van der Waals surface area contributed by atoms with Crippen molar-refractivity contribution < 1.29 is 5.11 Å². The highest BCUT2D eigenvalue weighted by atomic mass is 31.1. The van der Waals surface area contributed by atoms with Crippen molar-refractivity contribution in [2.45, 2.75) is 64.1 Å². The van der Waals surface area contributed by atoms with Gasteiger partial charge < -0.3 is 5.11 Å². The third kappa shape index (κ3) is 8.30. The largest absolute Gasteiger partial charge is 0.393 e. The summed E-state index contributed by atoms with van der Waals surface area (Å²) in [5.74, 6) is 0.536. The highest BCUT2D eigenvalue weighted by Crippen LogP contribution is 2.25. The Balaban J connectivity index is 3.61. The Labute approximate surface area is 104 Å². The molecule has 0 heterocycles. The van der Waals surface area contributed by atoms with Gasteiger partial charge in [0.2, 0.25) is 0 Å². The molecule has 0 saturated heterocycles. The van der Waals surface area contributed by atoms with Crippen LogP contribution in [0.5, 0.6) is 0 Å². The molecule has 0 aromatic rings. The average molecular weight is 244 g/mol. The van der Waals surface area contributed by atoms with Crippen LogP contribution in [0.15, 0.2) is 12.7 Å². The third-order valence-corrected chi connectivity index (χ3v) is 4.65. The van der Waals surface area contributed by atoms with Gasteiger partial charge in [-0.1, -0.05) is 26.3 Å². The summed E-state index contributed by atoms with van der Waals surface area (Å²) in [5.41, 5.74) is 0.844. The first-order valence-electron chi connectivity index (χ1n) is 6.61. The van der Waals surface area contributed by atoms with Crippen LogP contribution in [0.25, 0.3) is 0 Å². The number of allylic oxidation sites excluding steroid dienone is 1. The molecule has 0 saturated carbocycles. The van der Waals surface area contributed by atoms with E-state index in [0.29, 0.717) is 5.92 Å². The van der Waals surface area contributed by atoms with Crippen LogP contribution < -0.4 is 0 Å². The Morgan fingerprint density at radius 1 is 1.19 bits per heavy atom. The highest BCUT2D eigenvalue weighted by Gasteiger charge is 2.10. The van der Waals surface area contributed by atoms with Crippen molar-refractivity contribution in [2.75, 3.05) is 6.66 Å². The van der Waals surface area contributed by atoms with Crippen LogP contribution in [0, 0.1) is 5.92 Å². The lowest BCUT2D eigenvalue weighted by atomic mass is 9.99. The van der Waals surface area contributed by atoms with Gasteiger partial charge in [0, 0.05) is 0 Å². The fourth-order valence-electron chi connectivity index (χ4n) is 1.89. The van der Waals surface area contributed by atoms with E-state index in [-0.39, 0.29) is 6.10 Å². The van der Waals surface area contributed by atoms with Crippen LogP contribution in [-0.4, -0.2) is 23.5 Å². The first-order chi connectivity index (χ1) is 7.63. The molecule has 16 heavy (non-hydrogen) atoms. The second kappa shape index (κ2) is 10.3. The molecule has 0 aliphatic carbocycles. The minimum atomic E-state index is -0.0990. The van der Waals surface area contributed by atoms with E-state index in [0.717, 1.165) is 33.5 Å². The number of aliphatic hydroxyl groups is 1. The predicted octanol–water partition coefficient (Wildman–Crippen LogP) is 4.21. The van der Waals surface area contributed by atoms with Gasteiger partial charge in [-0.3, -0.25) is 0 Å². The first-order valence-corrected chi connectivity index (χ1v) is 8.19. The van der Waals surface area contributed by atoms with Crippen molar-refractivity contribution >= 4 is 8.58 Å². The molecule has 0 aromatic carbocycles. The van der Waals surface area contributed by atoms with Gasteiger partial charge in [0.25, 0.3) is 0 Å². The van der Waals surface area contributed by atoms with E-state index in [9.17, 15) is 5.11 Å². The van der Waals surface area contributed by atoms with Gasteiger partial charge in [-0.25, -0.2) is 0 Å².